The van der Waals surface area contributed by atoms with Gasteiger partial charge >= 0.3 is 5.97 Å². The molecule has 0 spiro atoms. The van der Waals surface area contributed by atoms with Crippen molar-refractivity contribution in [1.29, 1.82) is 0 Å². The molecule has 2 N–H and O–H groups in total. The Kier molecular flexibility index (Phi) is 5.73. The number of benzene rings is 2. The second-order valence-corrected chi connectivity index (χ2v) is 8.24. The molecule has 3 heterocycles. The number of phenols is 1. The smallest absolute Gasteiger partial charge is 0.337 e. The number of methoxy groups -OCH3 is 1. The number of anilines is 1. The third-order valence-electron chi connectivity index (χ3n) is 5.85. The van der Waals surface area contributed by atoms with Gasteiger partial charge in [-0.2, -0.15) is 0 Å². The Morgan fingerprint density at radius 2 is 1.85 bits per heavy atom. The zero-order chi connectivity index (χ0) is 23.7. The van der Waals surface area contributed by atoms with Crippen LogP contribution < -0.4 is 10.2 Å². The number of phenolic OH excluding ortho intramolecular Hbond substituents is 1. The Morgan fingerprint density at radius 3 is 2.59 bits per heavy atom. The van der Waals surface area contributed by atoms with Crippen LogP contribution in [0, 0.1) is 0 Å². The molecular formula is C26H22N4O3S. The van der Waals surface area contributed by atoms with Crippen molar-refractivity contribution in [3.8, 4) is 11.4 Å². The Balaban J connectivity index is 1.65. The van der Waals surface area contributed by atoms with Gasteiger partial charge in [-0.3, -0.25) is 4.98 Å². The number of aromatic nitrogens is 2. The van der Waals surface area contributed by atoms with E-state index in [1.807, 2.05) is 70.3 Å². The number of esters is 1. The van der Waals surface area contributed by atoms with Crippen molar-refractivity contribution < 1.29 is 14.6 Å². The van der Waals surface area contributed by atoms with Crippen LogP contribution in [0.4, 0.5) is 5.69 Å². The van der Waals surface area contributed by atoms with Crippen LogP contribution in [-0.2, 0) is 4.74 Å². The van der Waals surface area contributed by atoms with E-state index >= 15 is 0 Å². The van der Waals surface area contributed by atoms with Crippen LogP contribution >= 0.6 is 12.2 Å². The third-order valence-corrected chi connectivity index (χ3v) is 6.17. The summed E-state index contributed by atoms with van der Waals surface area (Å²) in [7, 11) is 1.37. The van der Waals surface area contributed by atoms with Gasteiger partial charge in [-0.05, 0) is 78.9 Å². The van der Waals surface area contributed by atoms with Crippen LogP contribution in [0.25, 0.3) is 5.69 Å². The number of rotatable bonds is 5. The zero-order valence-corrected chi connectivity index (χ0v) is 19.1. The summed E-state index contributed by atoms with van der Waals surface area (Å²) in [4.78, 5) is 18.7. The van der Waals surface area contributed by atoms with Crippen molar-refractivity contribution in [1.82, 2.24) is 14.9 Å². The first-order valence-corrected chi connectivity index (χ1v) is 11.1. The van der Waals surface area contributed by atoms with Gasteiger partial charge in [-0.1, -0.05) is 12.1 Å². The number of aromatic hydroxyl groups is 1. The summed E-state index contributed by atoms with van der Waals surface area (Å²) < 4.78 is 6.94. The quantitative estimate of drug-likeness (QED) is 0.327. The number of nitrogens with one attached hydrogen (secondary N) is 1. The number of hydrogen-bond acceptors (Lipinski definition) is 5. The number of ether oxygens (including phenoxy) is 1. The minimum Gasteiger partial charge on any atom is -0.508 e. The molecule has 0 aliphatic carbocycles. The molecule has 1 fully saturated rings. The van der Waals surface area contributed by atoms with E-state index in [4.69, 9.17) is 17.0 Å². The van der Waals surface area contributed by atoms with Gasteiger partial charge < -0.3 is 24.6 Å². The maximum absolute atomic E-state index is 12.1. The molecular weight excluding hydrogens is 448 g/mol. The molecule has 1 saturated heterocycles. The molecule has 1 aliphatic rings. The van der Waals surface area contributed by atoms with E-state index in [1.165, 1.54) is 7.11 Å². The predicted molar refractivity (Wildman–Crippen MR) is 133 cm³/mol. The molecule has 170 valence electrons. The average molecular weight is 471 g/mol. The highest BCUT2D eigenvalue weighted by atomic mass is 32.1. The van der Waals surface area contributed by atoms with Crippen molar-refractivity contribution in [3.05, 3.63) is 108 Å². The lowest BCUT2D eigenvalue weighted by Gasteiger charge is -2.29. The van der Waals surface area contributed by atoms with Crippen molar-refractivity contribution in [2.24, 2.45) is 0 Å². The molecule has 2 atom stereocenters. The number of nitrogens with zero attached hydrogens (tertiary/aromatic N) is 3. The number of pyridine rings is 1. The topological polar surface area (TPSA) is 79.6 Å². The van der Waals surface area contributed by atoms with Gasteiger partial charge in [0.05, 0.1) is 24.4 Å². The van der Waals surface area contributed by atoms with Gasteiger partial charge in [0.2, 0.25) is 0 Å². The van der Waals surface area contributed by atoms with E-state index in [1.54, 1.807) is 30.5 Å². The van der Waals surface area contributed by atoms with Crippen molar-refractivity contribution in [3.63, 3.8) is 0 Å². The summed E-state index contributed by atoms with van der Waals surface area (Å²) in [6, 6.07) is 23.6. The minimum absolute atomic E-state index is 0.183. The van der Waals surface area contributed by atoms with Crippen LogP contribution in [0.5, 0.6) is 5.75 Å². The Bertz CT molecular complexity index is 1340. The van der Waals surface area contributed by atoms with Crippen LogP contribution in [0.1, 0.15) is 33.8 Å². The second-order valence-electron chi connectivity index (χ2n) is 7.86. The Morgan fingerprint density at radius 1 is 1.03 bits per heavy atom. The Labute approximate surface area is 202 Å². The highest BCUT2D eigenvalue weighted by Crippen LogP contribution is 2.42. The van der Waals surface area contributed by atoms with E-state index in [-0.39, 0.29) is 17.8 Å². The standard InChI is InChI=1S/C26H22N4O3S/c1-33-25(32)17-6-4-7-19(16-17)29-15-5-9-22(29)24-23(21-8-2-3-14-27-21)28-26(34)30(24)18-10-12-20(31)13-11-18/h2-16,23-24,31H,1H3,(H,28,34)/t23-,24-/m0/s1. The second kappa shape index (κ2) is 8.99. The fourth-order valence-electron chi connectivity index (χ4n) is 4.32. The SMILES string of the molecule is COC(=O)c1cccc(-n2cccc2[C@H]2[C@H](c3ccccn3)NC(=S)N2c2ccc(O)cc2)c1. The summed E-state index contributed by atoms with van der Waals surface area (Å²) in [6.07, 6.45) is 3.72. The molecule has 1 aliphatic heterocycles. The fourth-order valence-corrected chi connectivity index (χ4v) is 4.66. The zero-order valence-electron chi connectivity index (χ0n) is 18.3. The normalized spacial score (nSPS) is 17.4. The highest BCUT2D eigenvalue weighted by molar-refractivity contribution is 7.80. The average Bonchev–Trinajstić information content (AvgIpc) is 3.49. The van der Waals surface area contributed by atoms with Crippen LogP contribution in [0.3, 0.4) is 0 Å². The molecule has 8 heteroatoms. The largest absolute Gasteiger partial charge is 0.508 e. The molecule has 2 aromatic heterocycles. The van der Waals surface area contributed by atoms with Gasteiger partial charge in [0.15, 0.2) is 5.11 Å². The van der Waals surface area contributed by atoms with Crippen molar-refractivity contribution in [2.45, 2.75) is 12.1 Å². The van der Waals surface area contributed by atoms with Gasteiger partial charge in [0, 0.05) is 29.5 Å². The molecule has 0 amide bonds. The summed E-state index contributed by atoms with van der Waals surface area (Å²) in [5.74, 6) is -0.209. The molecule has 0 unspecified atom stereocenters. The fraction of sp³-hybridized carbons (Fsp3) is 0.115. The van der Waals surface area contributed by atoms with Crippen LogP contribution in [-0.4, -0.2) is 32.8 Å². The first kappa shape index (κ1) is 21.7. The summed E-state index contributed by atoms with van der Waals surface area (Å²) in [5.41, 5.74) is 3.95. The molecule has 2 aromatic carbocycles. The van der Waals surface area contributed by atoms with Gasteiger partial charge in [0.25, 0.3) is 0 Å². The Hall–Kier alpha value is -4.17. The molecule has 4 aromatic rings. The summed E-state index contributed by atoms with van der Waals surface area (Å²) >= 11 is 5.77. The summed E-state index contributed by atoms with van der Waals surface area (Å²) in [6.45, 7) is 0. The predicted octanol–water partition coefficient (Wildman–Crippen LogP) is 4.54. The minimum atomic E-state index is -0.392. The van der Waals surface area contributed by atoms with Crippen LogP contribution in [0.15, 0.2) is 91.3 Å². The lowest BCUT2D eigenvalue weighted by atomic mass is 10.0. The lowest BCUT2D eigenvalue weighted by molar-refractivity contribution is 0.0600. The number of carbonyl (C=O) groups is 1. The van der Waals surface area contributed by atoms with Gasteiger partial charge in [0.1, 0.15) is 11.8 Å². The third kappa shape index (κ3) is 3.88. The van der Waals surface area contributed by atoms with Crippen molar-refractivity contribution in [2.75, 3.05) is 12.0 Å². The maximum Gasteiger partial charge on any atom is 0.337 e. The maximum atomic E-state index is 12.1. The molecule has 0 radical (unpaired) electrons. The number of hydrogen-bond donors (Lipinski definition) is 2. The van der Waals surface area contributed by atoms with Crippen molar-refractivity contribution >= 4 is 29.0 Å². The molecule has 34 heavy (non-hydrogen) atoms. The van der Waals surface area contributed by atoms with E-state index in [0.717, 1.165) is 22.8 Å². The van der Waals surface area contributed by atoms with Gasteiger partial charge in [-0.25, -0.2) is 4.79 Å². The van der Waals surface area contributed by atoms with Gasteiger partial charge in [-0.15, -0.1) is 0 Å². The number of thiocarbonyl (C=S) groups is 1. The molecule has 0 bridgehead atoms. The van der Waals surface area contributed by atoms with E-state index in [9.17, 15) is 9.90 Å². The van der Waals surface area contributed by atoms with E-state index in [2.05, 4.69) is 10.3 Å². The molecule has 5 rings (SSSR count). The molecule has 0 saturated carbocycles. The first-order valence-electron chi connectivity index (χ1n) is 10.7. The first-order chi connectivity index (χ1) is 16.6. The number of carbonyl (C=O) groups excluding carboxylic acids is 1. The van der Waals surface area contributed by atoms with E-state index in [0.29, 0.717) is 10.7 Å². The summed E-state index contributed by atoms with van der Waals surface area (Å²) in [5, 5.41) is 13.8. The molecule has 7 nitrogen and oxygen atoms in total. The lowest BCUT2D eigenvalue weighted by Crippen LogP contribution is -2.30. The monoisotopic (exact) mass is 470 g/mol. The highest BCUT2D eigenvalue weighted by Gasteiger charge is 2.42. The van der Waals surface area contributed by atoms with Crippen LogP contribution in [0.2, 0.25) is 0 Å². The van der Waals surface area contributed by atoms with E-state index < -0.39 is 5.97 Å².